The van der Waals surface area contributed by atoms with Crippen LogP contribution in [0, 0.1) is 5.92 Å². The molecule has 1 fully saturated rings. The highest BCUT2D eigenvalue weighted by Crippen LogP contribution is 2.26. The number of rotatable bonds is 4. The van der Waals surface area contributed by atoms with Gasteiger partial charge in [-0.2, -0.15) is 0 Å². The molecule has 19 heavy (non-hydrogen) atoms. The third-order valence-corrected chi connectivity index (χ3v) is 4.10. The van der Waals surface area contributed by atoms with Gasteiger partial charge in [-0.15, -0.1) is 0 Å². The van der Waals surface area contributed by atoms with Gasteiger partial charge in [0.05, 0.1) is 6.42 Å². The molecule has 0 atom stereocenters. The van der Waals surface area contributed by atoms with Gasteiger partial charge >= 0.3 is 0 Å². The molecule has 1 amide bonds. The zero-order valence-electron chi connectivity index (χ0n) is 11.7. The van der Waals surface area contributed by atoms with Gasteiger partial charge in [0.2, 0.25) is 5.91 Å². The summed E-state index contributed by atoms with van der Waals surface area (Å²) in [5.74, 6) is 0.979. The van der Waals surface area contributed by atoms with Crippen LogP contribution in [0.25, 0.3) is 0 Å². The monoisotopic (exact) mass is 260 g/mol. The maximum absolute atomic E-state index is 12.0. The first-order valence-electron chi connectivity index (χ1n) is 7.31. The van der Waals surface area contributed by atoms with Crippen LogP contribution in [0.4, 0.5) is 5.69 Å². The summed E-state index contributed by atoms with van der Waals surface area (Å²) in [5.41, 5.74) is 7.42. The second kappa shape index (κ2) is 6.60. The quantitative estimate of drug-likeness (QED) is 0.818. The first-order chi connectivity index (χ1) is 9.17. The maximum Gasteiger partial charge on any atom is 0.224 e. The smallest absolute Gasteiger partial charge is 0.224 e. The SMILES string of the molecule is CCC1CCC(NC(=O)Cc2cccc(N)c2)CC1. The number of carbonyl (C=O) groups is 1. The molecule has 0 aliphatic heterocycles. The predicted molar refractivity (Wildman–Crippen MR) is 78.7 cm³/mol. The van der Waals surface area contributed by atoms with E-state index in [-0.39, 0.29) is 5.91 Å². The molecule has 1 aromatic rings. The minimum Gasteiger partial charge on any atom is -0.399 e. The minimum absolute atomic E-state index is 0.116. The Labute approximate surface area is 115 Å². The normalized spacial score (nSPS) is 23.0. The first-order valence-corrected chi connectivity index (χ1v) is 7.31. The van der Waals surface area contributed by atoms with Crippen LogP contribution < -0.4 is 11.1 Å². The molecule has 1 aliphatic carbocycles. The fourth-order valence-corrected chi connectivity index (χ4v) is 2.88. The van der Waals surface area contributed by atoms with Gasteiger partial charge in [0, 0.05) is 11.7 Å². The van der Waals surface area contributed by atoms with E-state index in [1.54, 1.807) is 0 Å². The van der Waals surface area contributed by atoms with Crippen molar-refractivity contribution in [3.8, 4) is 0 Å². The lowest BCUT2D eigenvalue weighted by Crippen LogP contribution is -2.38. The Hall–Kier alpha value is -1.51. The third-order valence-electron chi connectivity index (χ3n) is 4.10. The Balaban J connectivity index is 1.79. The number of hydrogen-bond acceptors (Lipinski definition) is 2. The number of nitrogens with two attached hydrogens (primary N) is 1. The van der Waals surface area contributed by atoms with Crippen LogP contribution in [0.2, 0.25) is 0 Å². The van der Waals surface area contributed by atoms with Gasteiger partial charge in [0.25, 0.3) is 0 Å². The summed E-state index contributed by atoms with van der Waals surface area (Å²) < 4.78 is 0. The van der Waals surface area contributed by atoms with Gasteiger partial charge in [-0.3, -0.25) is 4.79 Å². The van der Waals surface area contributed by atoms with Crippen molar-refractivity contribution in [2.45, 2.75) is 51.5 Å². The molecule has 1 aliphatic rings. The topological polar surface area (TPSA) is 55.1 Å². The predicted octanol–water partition coefficient (Wildman–Crippen LogP) is 2.90. The Bertz CT molecular complexity index is 423. The molecule has 0 spiro atoms. The standard InChI is InChI=1S/C16H24N2O/c1-2-12-6-8-15(9-7-12)18-16(19)11-13-4-3-5-14(17)10-13/h3-5,10,12,15H,2,6-9,11,17H2,1H3,(H,18,19). The van der Waals surface area contributed by atoms with E-state index >= 15 is 0 Å². The number of anilines is 1. The van der Waals surface area contributed by atoms with Crippen molar-refractivity contribution in [3.63, 3.8) is 0 Å². The van der Waals surface area contributed by atoms with Crippen molar-refractivity contribution < 1.29 is 4.79 Å². The number of nitrogens with one attached hydrogen (secondary N) is 1. The minimum atomic E-state index is 0.116. The Morgan fingerprint density at radius 2 is 2.05 bits per heavy atom. The lowest BCUT2D eigenvalue weighted by atomic mass is 9.84. The first kappa shape index (κ1) is 13.9. The molecule has 0 unspecified atom stereocenters. The van der Waals surface area contributed by atoms with E-state index in [1.165, 1.54) is 19.3 Å². The van der Waals surface area contributed by atoms with Gasteiger partial charge in [-0.1, -0.05) is 25.5 Å². The molecule has 3 heteroatoms. The fraction of sp³-hybridized carbons (Fsp3) is 0.562. The van der Waals surface area contributed by atoms with E-state index < -0.39 is 0 Å². The average molecular weight is 260 g/mol. The van der Waals surface area contributed by atoms with Crippen LogP contribution in [0.3, 0.4) is 0 Å². The molecular formula is C16H24N2O. The highest BCUT2D eigenvalue weighted by molar-refractivity contribution is 5.79. The van der Waals surface area contributed by atoms with Gasteiger partial charge in [-0.05, 0) is 49.3 Å². The van der Waals surface area contributed by atoms with Gasteiger partial charge in [0.1, 0.15) is 0 Å². The molecule has 0 aromatic heterocycles. The molecule has 104 valence electrons. The largest absolute Gasteiger partial charge is 0.399 e. The summed E-state index contributed by atoms with van der Waals surface area (Å²) in [6.07, 6.45) is 6.45. The highest BCUT2D eigenvalue weighted by atomic mass is 16.1. The van der Waals surface area contributed by atoms with E-state index in [2.05, 4.69) is 12.2 Å². The summed E-state index contributed by atoms with van der Waals surface area (Å²) in [6.45, 7) is 2.25. The third kappa shape index (κ3) is 4.27. The second-order valence-electron chi connectivity index (χ2n) is 5.62. The summed E-state index contributed by atoms with van der Waals surface area (Å²) in [5, 5.41) is 3.15. The number of nitrogen functional groups attached to an aromatic ring is 1. The van der Waals surface area contributed by atoms with Crippen LogP contribution in [0.5, 0.6) is 0 Å². The van der Waals surface area contributed by atoms with E-state index in [0.29, 0.717) is 18.2 Å². The molecule has 0 heterocycles. The van der Waals surface area contributed by atoms with Gasteiger partial charge in [-0.25, -0.2) is 0 Å². The number of hydrogen-bond donors (Lipinski definition) is 2. The lowest BCUT2D eigenvalue weighted by Gasteiger charge is -2.28. The highest BCUT2D eigenvalue weighted by Gasteiger charge is 2.21. The van der Waals surface area contributed by atoms with E-state index in [4.69, 9.17) is 5.73 Å². The van der Waals surface area contributed by atoms with E-state index in [0.717, 1.165) is 24.3 Å². The lowest BCUT2D eigenvalue weighted by molar-refractivity contribution is -0.121. The summed E-state index contributed by atoms with van der Waals surface area (Å²) in [6, 6.07) is 7.92. The molecule has 0 radical (unpaired) electrons. The van der Waals surface area contributed by atoms with Crippen molar-refractivity contribution in [2.75, 3.05) is 5.73 Å². The number of amides is 1. The Morgan fingerprint density at radius 1 is 1.32 bits per heavy atom. The van der Waals surface area contributed by atoms with Gasteiger partial charge in [0.15, 0.2) is 0 Å². The molecule has 1 aromatic carbocycles. The van der Waals surface area contributed by atoms with Crippen molar-refractivity contribution in [1.29, 1.82) is 0 Å². The van der Waals surface area contributed by atoms with Crippen molar-refractivity contribution in [1.82, 2.24) is 5.32 Å². The van der Waals surface area contributed by atoms with Crippen LogP contribution in [0.15, 0.2) is 24.3 Å². The van der Waals surface area contributed by atoms with Crippen LogP contribution in [-0.2, 0) is 11.2 Å². The molecule has 3 N–H and O–H groups in total. The van der Waals surface area contributed by atoms with Crippen LogP contribution in [0.1, 0.15) is 44.6 Å². The van der Waals surface area contributed by atoms with Gasteiger partial charge < -0.3 is 11.1 Å². The summed E-state index contributed by atoms with van der Waals surface area (Å²) >= 11 is 0. The zero-order chi connectivity index (χ0) is 13.7. The number of carbonyl (C=O) groups excluding carboxylic acids is 1. The van der Waals surface area contributed by atoms with Crippen molar-refractivity contribution in [3.05, 3.63) is 29.8 Å². The molecular weight excluding hydrogens is 236 g/mol. The molecule has 2 rings (SSSR count). The molecule has 0 saturated heterocycles. The second-order valence-corrected chi connectivity index (χ2v) is 5.62. The van der Waals surface area contributed by atoms with E-state index in [9.17, 15) is 4.79 Å². The fourth-order valence-electron chi connectivity index (χ4n) is 2.88. The van der Waals surface area contributed by atoms with Crippen molar-refractivity contribution >= 4 is 11.6 Å². The zero-order valence-corrected chi connectivity index (χ0v) is 11.7. The van der Waals surface area contributed by atoms with Crippen LogP contribution >= 0.6 is 0 Å². The average Bonchev–Trinajstić information content (AvgIpc) is 2.39. The Morgan fingerprint density at radius 3 is 2.68 bits per heavy atom. The summed E-state index contributed by atoms with van der Waals surface area (Å²) in [4.78, 5) is 12.0. The molecule has 3 nitrogen and oxygen atoms in total. The van der Waals surface area contributed by atoms with E-state index in [1.807, 2.05) is 24.3 Å². The summed E-state index contributed by atoms with van der Waals surface area (Å²) in [7, 11) is 0. The maximum atomic E-state index is 12.0. The molecule has 0 bridgehead atoms. The Kier molecular flexibility index (Phi) is 4.83. The van der Waals surface area contributed by atoms with Crippen molar-refractivity contribution in [2.24, 2.45) is 5.92 Å². The number of benzene rings is 1. The molecule has 1 saturated carbocycles. The van der Waals surface area contributed by atoms with Crippen LogP contribution in [-0.4, -0.2) is 11.9 Å².